The van der Waals surface area contributed by atoms with Gasteiger partial charge in [-0.25, -0.2) is 0 Å². The molecule has 1 aliphatic heterocycles. The third-order valence-corrected chi connectivity index (χ3v) is 6.63. The summed E-state index contributed by atoms with van der Waals surface area (Å²) in [7, 11) is 0. The molecule has 2 fully saturated rings. The fourth-order valence-electron chi connectivity index (χ4n) is 5.34. The molecule has 7 nitrogen and oxygen atoms in total. The Morgan fingerprint density at radius 3 is 2.74 bits per heavy atom. The van der Waals surface area contributed by atoms with Crippen molar-refractivity contribution in [3.05, 3.63) is 77.7 Å². The largest absolute Gasteiger partial charge is 0.353 e. The average molecular weight is 418 g/mol. The van der Waals surface area contributed by atoms with Crippen molar-refractivity contribution in [3.63, 3.8) is 0 Å². The first-order chi connectivity index (χ1) is 15.1. The fraction of sp³-hybridized carbons (Fsp3) is 0.417. The molecular weight excluding hydrogens is 390 g/mol. The Hall–Kier alpha value is -3.06. The molecule has 3 atom stereocenters. The van der Waals surface area contributed by atoms with E-state index in [0.29, 0.717) is 18.2 Å². The number of carbonyl (C=O) groups excluding carboxylic acids is 1. The summed E-state index contributed by atoms with van der Waals surface area (Å²) in [6.07, 6.45) is 5.56. The number of aromatic nitrogens is 3. The molecular formula is C24H27N5O2. The number of aryl methyl sites for hydroxylation is 1. The van der Waals surface area contributed by atoms with Crippen LogP contribution in [0.4, 0.5) is 0 Å². The lowest BCUT2D eigenvalue weighted by Gasteiger charge is -2.25. The highest BCUT2D eigenvalue weighted by Crippen LogP contribution is 2.50. The van der Waals surface area contributed by atoms with E-state index in [1.54, 1.807) is 12.4 Å². The van der Waals surface area contributed by atoms with Crippen molar-refractivity contribution in [2.75, 3.05) is 13.1 Å². The molecule has 3 heterocycles. The van der Waals surface area contributed by atoms with Gasteiger partial charge < -0.3 is 9.84 Å². The molecule has 7 heteroatoms. The molecule has 0 radical (unpaired) electrons. The monoisotopic (exact) mass is 417 g/mol. The SMILES string of the molecule is Cc1noc(C23CC(NC(=O)Cc4ccncc4)CC2CN(Cc2ccccc2)C3)n1. The normalized spacial score (nSPS) is 25.5. The predicted molar refractivity (Wildman–Crippen MR) is 115 cm³/mol. The number of hydrogen-bond acceptors (Lipinski definition) is 6. The number of benzene rings is 1. The van der Waals surface area contributed by atoms with Gasteiger partial charge in [0.05, 0.1) is 11.8 Å². The Morgan fingerprint density at radius 1 is 1.19 bits per heavy atom. The summed E-state index contributed by atoms with van der Waals surface area (Å²) in [6.45, 7) is 4.60. The van der Waals surface area contributed by atoms with Gasteiger partial charge in [-0.3, -0.25) is 14.7 Å². The number of hydrogen-bond donors (Lipinski definition) is 1. The van der Waals surface area contributed by atoms with Crippen molar-refractivity contribution >= 4 is 5.91 Å². The summed E-state index contributed by atoms with van der Waals surface area (Å²) in [4.78, 5) is 23.8. The average Bonchev–Trinajstić information content (AvgIpc) is 3.42. The minimum Gasteiger partial charge on any atom is -0.353 e. The lowest BCUT2D eigenvalue weighted by Crippen LogP contribution is -2.38. The van der Waals surface area contributed by atoms with Gasteiger partial charge >= 0.3 is 0 Å². The molecule has 0 spiro atoms. The zero-order chi connectivity index (χ0) is 21.3. The van der Waals surface area contributed by atoms with Crippen molar-refractivity contribution in [2.24, 2.45) is 5.92 Å². The van der Waals surface area contributed by atoms with Crippen molar-refractivity contribution < 1.29 is 9.32 Å². The van der Waals surface area contributed by atoms with E-state index in [9.17, 15) is 4.79 Å². The quantitative estimate of drug-likeness (QED) is 0.664. The second kappa shape index (κ2) is 8.23. The zero-order valence-electron chi connectivity index (χ0n) is 17.7. The maximum absolute atomic E-state index is 12.6. The van der Waals surface area contributed by atoms with E-state index in [1.807, 2.05) is 25.1 Å². The molecule has 2 aliphatic rings. The zero-order valence-corrected chi connectivity index (χ0v) is 17.7. The van der Waals surface area contributed by atoms with Crippen LogP contribution in [0.15, 0.2) is 59.4 Å². The minimum atomic E-state index is -0.204. The van der Waals surface area contributed by atoms with Crippen LogP contribution in [-0.4, -0.2) is 45.1 Å². The molecule has 3 unspecified atom stereocenters. The van der Waals surface area contributed by atoms with Crippen LogP contribution in [0.5, 0.6) is 0 Å². The lowest BCUT2D eigenvalue weighted by atomic mass is 9.80. The summed E-state index contributed by atoms with van der Waals surface area (Å²) >= 11 is 0. The number of nitrogens with one attached hydrogen (secondary N) is 1. The Bertz CT molecular complexity index is 1040. The van der Waals surface area contributed by atoms with Crippen LogP contribution in [0.2, 0.25) is 0 Å². The second-order valence-corrected chi connectivity index (χ2v) is 8.89. The maximum Gasteiger partial charge on any atom is 0.234 e. The Morgan fingerprint density at radius 2 is 2.00 bits per heavy atom. The van der Waals surface area contributed by atoms with Crippen LogP contribution in [0.1, 0.15) is 35.7 Å². The molecule has 1 aliphatic carbocycles. The number of fused-ring (bicyclic) bond motifs is 1. The van der Waals surface area contributed by atoms with Crippen LogP contribution < -0.4 is 5.32 Å². The van der Waals surface area contributed by atoms with E-state index in [0.717, 1.165) is 43.9 Å². The number of nitrogens with zero attached hydrogens (tertiary/aromatic N) is 4. The molecule has 1 N–H and O–H groups in total. The van der Waals surface area contributed by atoms with Gasteiger partial charge in [0.25, 0.3) is 0 Å². The lowest BCUT2D eigenvalue weighted by molar-refractivity contribution is -0.121. The summed E-state index contributed by atoms with van der Waals surface area (Å²) in [5, 5.41) is 7.32. The van der Waals surface area contributed by atoms with E-state index in [4.69, 9.17) is 4.52 Å². The van der Waals surface area contributed by atoms with Gasteiger partial charge in [0.2, 0.25) is 11.8 Å². The molecule has 1 saturated carbocycles. The first-order valence-electron chi connectivity index (χ1n) is 10.9. The number of amides is 1. The third kappa shape index (κ3) is 4.10. The molecule has 1 saturated heterocycles. The van der Waals surface area contributed by atoms with E-state index in [2.05, 4.69) is 49.6 Å². The van der Waals surface area contributed by atoms with Gasteiger partial charge in [0.15, 0.2) is 5.82 Å². The number of carbonyl (C=O) groups is 1. The van der Waals surface area contributed by atoms with Crippen LogP contribution in [0.25, 0.3) is 0 Å². The third-order valence-electron chi connectivity index (χ3n) is 6.63. The highest BCUT2D eigenvalue weighted by Gasteiger charge is 2.57. The van der Waals surface area contributed by atoms with Gasteiger partial charge in [-0.15, -0.1) is 0 Å². The summed E-state index contributed by atoms with van der Waals surface area (Å²) in [5.74, 6) is 1.81. The second-order valence-electron chi connectivity index (χ2n) is 8.89. The van der Waals surface area contributed by atoms with Crippen molar-refractivity contribution in [1.82, 2.24) is 25.3 Å². The van der Waals surface area contributed by atoms with Gasteiger partial charge in [0.1, 0.15) is 0 Å². The van der Waals surface area contributed by atoms with Crippen molar-refractivity contribution in [2.45, 2.75) is 44.2 Å². The predicted octanol–water partition coefficient (Wildman–Crippen LogP) is 2.66. The van der Waals surface area contributed by atoms with Gasteiger partial charge in [-0.05, 0) is 48.9 Å². The Balaban J connectivity index is 1.30. The standard InChI is InChI=1S/C24H27N5O2/c1-17-26-23(31-28-17)24-13-21(27-22(30)11-18-7-9-25-10-8-18)12-20(24)15-29(16-24)14-19-5-3-2-4-6-19/h2-10,20-21H,11-16H2,1H3,(H,27,30). The minimum absolute atomic E-state index is 0.0502. The van der Waals surface area contributed by atoms with Crippen LogP contribution in [0.3, 0.4) is 0 Å². The molecule has 3 aromatic rings. The van der Waals surface area contributed by atoms with Gasteiger partial charge in [-0.1, -0.05) is 35.5 Å². The van der Waals surface area contributed by atoms with Crippen LogP contribution in [0, 0.1) is 12.8 Å². The fourth-order valence-corrected chi connectivity index (χ4v) is 5.34. The van der Waals surface area contributed by atoms with E-state index >= 15 is 0 Å². The Labute approximate surface area is 181 Å². The maximum atomic E-state index is 12.6. The van der Waals surface area contributed by atoms with E-state index < -0.39 is 0 Å². The number of likely N-dealkylation sites (tertiary alicyclic amines) is 1. The summed E-state index contributed by atoms with van der Waals surface area (Å²) in [5.41, 5.74) is 2.08. The number of rotatable bonds is 6. The van der Waals surface area contributed by atoms with E-state index in [-0.39, 0.29) is 17.4 Å². The Kier molecular flexibility index (Phi) is 5.28. The smallest absolute Gasteiger partial charge is 0.234 e. The molecule has 160 valence electrons. The molecule has 5 rings (SSSR count). The van der Waals surface area contributed by atoms with Crippen molar-refractivity contribution in [1.29, 1.82) is 0 Å². The first kappa shape index (κ1) is 19.9. The molecule has 2 aromatic heterocycles. The number of pyridine rings is 1. The highest BCUT2D eigenvalue weighted by atomic mass is 16.5. The molecule has 1 aromatic carbocycles. The summed E-state index contributed by atoms with van der Waals surface area (Å²) < 4.78 is 5.69. The van der Waals surface area contributed by atoms with Crippen LogP contribution in [-0.2, 0) is 23.2 Å². The van der Waals surface area contributed by atoms with Gasteiger partial charge in [0, 0.05) is 38.1 Å². The molecule has 0 bridgehead atoms. The first-order valence-corrected chi connectivity index (χ1v) is 10.9. The molecule has 1 amide bonds. The van der Waals surface area contributed by atoms with Gasteiger partial charge in [-0.2, -0.15) is 4.98 Å². The highest BCUT2D eigenvalue weighted by molar-refractivity contribution is 5.78. The topological polar surface area (TPSA) is 84.2 Å². The van der Waals surface area contributed by atoms with E-state index in [1.165, 1.54) is 5.56 Å². The summed E-state index contributed by atoms with van der Waals surface area (Å²) in [6, 6.07) is 14.4. The molecule has 31 heavy (non-hydrogen) atoms. The van der Waals surface area contributed by atoms with Crippen LogP contribution >= 0.6 is 0 Å². The van der Waals surface area contributed by atoms with Crippen molar-refractivity contribution in [3.8, 4) is 0 Å².